The number of tetrazole rings is 1. The summed E-state index contributed by atoms with van der Waals surface area (Å²) in [6, 6.07) is 7.56. The summed E-state index contributed by atoms with van der Waals surface area (Å²) in [5.41, 5.74) is 1.82. The summed E-state index contributed by atoms with van der Waals surface area (Å²) in [5, 5.41) is 16.8. The number of carbonyl (C=O) groups is 1. The molecule has 0 radical (unpaired) electrons. The number of rotatable bonds is 6. The summed E-state index contributed by atoms with van der Waals surface area (Å²) in [7, 11) is 1.85. The molecule has 0 aliphatic heterocycles. The Balaban J connectivity index is 1.90. The highest BCUT2D eigenvalue weighted by atomic mass is 16.1. The van der Waals surface area contributed by atoms with Gasteiger partial charge in [0.05, 0.1) is 12.1 Å². The molecule has 0 fully saturated rings. The highest BCUT2D eigenvalue weighted by Gasteiger charge is 2.03. The van der Waals surface area contributed by atoms with Gasteiger partial charge in [-0.05, 0) is 35.2 Å². The van der Waals surface area contributed by atoms with Gasteiger partial charge in [-0.3, -0.25) is 4.79 Å². The summed E-state index contributed by atoms with van der Waals surface area (Å²) < 4.78 is 1.57. The van der Waals surface area contributed by atoms with Gasteiger partial charge in [0, 0.05) is 13.1 Å². The molecule has 0 atom stereocenters. The van der Waals surface area contributed by atoms with Crippen molar-refractivity contribution in [2.24, 2.45) is 0 Å². The van der Waals surface area contributed by atoms with Crippen LogP contribution in [0.3, 0.4) is 0 Å². The predicted octanol–water partition coefficient (Wildman–Crippen LogP) is -0.460. The lowest BCUT2D eigenvalue weighted by Crippen LogP contribution is -2.31. The summed E-state index contributed by atoms with van der Waals surface area (Å²) in [5.74, 6) is 0.0189. The molecule has 0 saturated carbocycles. The molecule has 1 amide bonds. The Morgan fingerprint density at radius 2 is 2.05 bits per heavy atom. The Kier molecular flexibility index (Phi) is 4.57. The fourth-order valence-electron chi connectivity index (χ4n) is 1.62. The molecule has 0 aliphatic rings. The van der Waals surface area contributed by atoms with Gasteiger partial charge in [0.25, 0.3) is 0 Å². The van der Waals surface area contributed by atoms with Gasteiger partial charge in [-0.1, -0.05) is 12.1 Å². The Hall–Kier alpha value is -2.28. The molecule has 0 spiro atoms. The quantitative estimate of drug-likeness (QED) is 0.687. The van der Waals surface area contributed by atoms with Crippen LogP contribution in [0.5, 0.6) is 0 Å². The Bertz CT molecular complexity index is 508. The maximum absolute atomic E-state index is 11.6. The predicted molar refractivity (Wildman–Crippen MR) is 69.8 cm³/mol. The van der Waals surface area contributed by atoms with E-state index in [1.807, 2.05) is 31.3 Å². The van der Waals surface area contributed by atoms with Crippen LogP contribution in [0, 0.1) is 0 Å². The van der Waals surface area contributed by atoms with Gasteiger partial charge < -0.3 is 10.6 Å². The zero-order valence-corrected chi connectivity index (χ0v) is 10.7. The van der Waals surface area contributed by atoms with Gasteiger partial charge in [0.1, 0.15) is 6.33 Å². The first-order chi connectivity index (χ1) is 9.29. The smallest absolute Gasteiger partial charge is 0.224 e. The molecule has 0 unspecified atom stereocenters. The number of likely N-dealkylation sites (N-methyl/N-ethyl adjacent to an activating group) is 1. The minimum Gasteiger partial charge on any atom is -0.355 e. The van der Waals surface area contributed by atoms with Crippen molar-refractivity contribution in [1.82, 2.24) is 30.8 Å². The van der Waals surface area contributed by atoms with Gasteiger partial charge in [-0.25, -0.2) is 4.68 Å². The molecule has 2 N–H and O–H groups in total. The number of amides is 1. The second-order valence-electron chi connectivity index (χ2n) is 4.05. The summed E-state index contributed by atoms with van der Waals surface area (Å²) in [4.78, 5) is 11.6. The van der Waals surface area contributed by atoms with Crippen LogP contribution < -0.4 is 10.6 Å². The van der Waals surface area contributed by atoms with E-state index >= 15 is 0 Å². The Labute approximate surface area is 111 Å². The van der Waals surface area contributed by atoms with Crippen LogP contribution in [0.1, 0.15) is 5.56 Å². The van der Waals surface area contributed by atoms with E-state index < -0.39 is 0 Å². The number of carbonyl (C=O) groups excluding carboxylic acids is 1. The van der Waals surface area contributed by atoms with Crippen molar-refractivity contribution in [3.05, 3.63) is 36.2 Å². The highest BCUT2D eigenvalue weighted by Crippen LogP contribution is 2.08. The van der Waals surface area contributed by atoms with Crippen molar-refractivity contribution in [2.75, 3.05) is 20.1 Å². The molecule has 100 valence electrons. The van der Waals surface area contributed by atoms with E-state index in [-0.39, 0.29) is 5.91 Å². The van der Waals surface area contributed by atoms with E-state index in [0.717, 1.165) is 17.8 Å². The van der Waals surface area contributed by atoms with Crippen LogP contribution in [-0.2, 0) is 11.2 Å². The zero-order chi connectivity index (χ0) is 13.5. The first kappa shape index (κ1) is 13.2. The molecular weight excluding hydrogens is 244 g/mol. The highest BCUT2D eigenvalue weighted by molar-refractivity contribution is 5.78. The van der Waals surface area contributed by atoms with E-state index in [1.165, 1.54) is 6.33 Å². The topological polar surface area (TPSA) is 84.7 Å². The number of hydrogen-bond acceptors (Lipinski definition) is 5. The van der Waals surface area contributed by atoms with Crippen LogP contribution in [0.4, 0.5) is 0 Å². The molecule has 0 saturated heterocycles. The number of benzene rings is 1. The third-order valence-corrected chi connectivity index (χ3v) is 2.61. The monoisotopic (exact) mass is 260 g/mol. The van der Waals surface area contributed by atoms with E-state index in [1.54, 1.807) is 4.68 Å². The van der Waals surface area contributed by atoms with Crippen LogP contribution in [0.2, 0.25) is 0 Å². The van der Waals surface area contributed by atoms with Crippen LogP contribution in [0.15, 0.2) is 30.6 Å². The van der Waals surface area contributed by atoms with E-state index in [2.05, 4.69) is 26.2 Å². The molecule has 2 rings (SSSR count). The molecule has 1 aromatic carbocycles. The van der Waals surface area contributed by atoms with Crippen molar-refractivity contribution in [3.8, 4) is 5.69 Å². The van der Waals surface area contributed by atoms with E-state index in [9.17, 15) is 4.79 Å². The van der Waals surface area contributed by atoms with Crippen molar-refractivity contribution >= 4 is 5.91 Å². The summed E-state index contributed by atoms with van der Waals surface area (Å²) in [6.45, 7) is 1.40. The molecule has 2 aromatic rings. The molecule has 7 nitrogen and oxygen atoms in total. The van der Waals surface area contributed by atoms with Crippen LogP contribution in [-0.4, -0.2) is 46.3 Å². The number of aromatic nitrogens is 4. The average Bonchev–Trinajstić information content (AvgIpc) is 2.94. The maximum Gasteiger partial charge on any atom is 0.224 e. The van der Waals surface area contributed by atoms with Gasteiger partial charge in [-0.2, -0.15) is 0 Å². The standard InChI is InChI=1S/C12H16N6O/c1-13-6-7-14-12(19)8-10-2-4-11(5-3-10)18-9-15-16-17-18/h2-5,9,13H,6-8H2,1H3,(H,14,19). The molecule has 19 heavy (non-hydrogen) atoms. The molecule has 1 heterocycles. The van der Waals surface area contributed by atoms with Crippen molar-refractivity contribution in [2.45, 2.75) is 6.42 Å². The minimum atomic E-state index is 0.0189. The van der Waals surface area contributed by atoms with Crippen molar-refractivity contribution < 1.29 is 4.79 Å². The normalized spacial score (nSPS) is 10.4. The third kappa shape index (κ3) is 3.85. The van der Waals surface area contributed by atoms with Gasteiger partial charge >= 0.3 is 0 Å². The SMILES string of the molecule is CNCCNC(=O)Cc1ccc(-n2cnnn2)cc1. The molecular formula is C12H16N6O. The summed E-state index contributed by atoms with van der Waals surface area (Å²) >= 11 is 0. The maximum atomic E-state index is 11.6. The summed E-state index contributed by atoms with van der Waals surface area (Å²) in [6.07, 6.45) is 1.90. The van der Waals surface area contributed by atoms with Crippen LogP contribution >= 0.6 is 0 Å². The average molecular weight is 260 g/mol. The number of nitrogens with one attached hydrogen (secondary N) is 2. The molecule has 1 aromatic heterocycles. The first-order valence-electron chi connectivity index (χ1n) is 6.03. The molecule has 0 bridgehead atoms. The van der Waals surface area contributed by atoms with E-state index in [0.29, 0.717) is 13.0 Å². The zero-order valence-electron chi connectivity index (χ0n) is 10.7. The van der Waals surface area contributed by atoms with Crippen LogP contribution in [0.25, 0.3) is 5.69 Å². The second-order valence-corrected chi connectivity index (χ2v) is 4.05. The van der Waals surface area contributed by atoms with Crippen molar-refractivity contribution in [1.29, 1.82) is 0 Å². The van der Waals surface area contributed by atoms with Gasteiger partial charge in [0.2, 0.25) is 5.91 Å². The Morgan fingerprint density at radius 3 is 2.68 bits per heavy atom. The minimum absolute atomic E-state index is 0.0189. The largest absolute Gasteiger partial charge is 0.355 e. The first-order valence-corrected chi connectivity index (χ1v) is 6.03. The lowest BCUT2D eigenvalue weighted by atomic mass is 10.1. The third-order valence-electron chi connectivity index (χ3n) is 2.61. The Morgan fingerprint density at radius 1 is 1.26 bits per heavy atom. The second kappa shape index (κ2) is 6.60. The fourth-order valence-corrected chi connectivity index (χ4v) is 1.62. The van der Waals surface area contributed by atoms with Crippen molar-refractivity contribution in [3.63, 3.8) is 0 Å². The van der Waals surface area contributed by atoms with E-state index in [4.69, 9.17) is 0 Å². The number of nitrogens with zero attached hydrogens (tertiary/aromatic N) is 4. The van der Waals surface area contributed by atoms with Gasteiger partial charge in [0.15, 0.2) is 0 Å². The molecule has 7 heteroatoms. The fraction of sp³-hybridized carbons (Fsp3) is 0.333. The lowest BCUT2D eigenvalue weighted by Gasteiger charge is -2.05. The lowest BCUT2D eigenvalue weighted by molar-refractivity contribution is -0.120. The number of hydrogen-bond donors (Lipinski definition) is 2. The molecule has 0 aliphatic carbocycles. The van der Waals surface area contributed by atoms with Gasteiger partial charge in [-0.15, -0.1) is 5.10 Å².